The molecule has 0 saturated carbocycles. The number of benzene rings is 1. The highest BCUT2D eigenvalue weighted by atomic mass is 28.4. The smallest absolute Gasteiger partial charge is 0.397 e. The molecule has 1 saturated heterocycles. The number of hydrogen-bond acceptors (Lipinski definition) is 5. The van der Waals surface area contributed by atoms with Crippen LogP contribution in [0.1, 0.15) is 69.6 Å². The zero-order valence-electron chi connectivity index (χ0n) is 21.9. The molecule has 1 unspecified atom stereocenters. The Balaban J connectivity index is 1.94. The number of Topliss-reactive ketones (excluding diaryl/α,β-unsaturated/α-hetero) is 1. The molecule has 5 nitrogen and oxygen atoms in total. The van der Waals surface area contributed by atoms with Crippen molar-refractivity contribution in [2.24, 2.45) is 4.99 Å². The van der Waals surface area contributed by atoms with Gasteiger partial charge in [0.25, 0.3) is 0 Å². The Labute approximate surface area is 211 Å². The summed E-state index contributed by atoms with van der Waals surface area (Å²) in [5.74, 6) is 0.0132. The molecule has 3 heterocycles. The van der Waals surface area contributed by atoms with Crippen molar-refractivity contribution in [3.63, 3.8) is 0 Å². The number of nitrogens with zero attached hydrogens (tertiary/aromatic N) is 3. The molecule has 2 aliphatic heterocycles. The molecule has 2 aromatic rings. The Morgan fingerprint density at radius 1 is 1.03 bits per heavy atom. The first-order chi connectivity index (χ1) is 16.7. The Hall–Kier alpha value is -2.52. The quantitative estimate of drug-likeness (QED) is 0.373. The van der Waals surface area contributed by atoms with E-state index in [0.29, 0.717) is 18.8 Å². The van der Waals surface area contributed by atoms with E-state index in [4.69, 9.17) is 9.42 Å². The third-order valence-electron chi connectivity index (χ3n) is 7.73. The number of hydrogen-bond donors (Lipinski definition) is 0. The van der Waals surface area contributed by atoms with Crippen LogP contribution in [0.25, 0.3) is 0 Å². The number of aryl methyl sites for hydroxylation is 1. The Kier molecular flexibility index (Phi) is 6.71. The minimum absolute atomic E-state index is 0.0309. The fourth-order valence-corrected chi connectivity index (χ4v) is 11.7. The molecule has 194 valence electrons. The standard InChI is InChI=1S/C27H34F3N3O2Si/c1-16(2)36(17(3)4,18(5)6)35-26-12-13-33(21-10-8-19(7)31-15-21)25(26)32-23-11-9-20(27(28,29)30)14-22(23)24(26)34/h8-11,14-18H,12-13H2,1-7H3. The highest BCUT2D eigenvalue weighted by Crippen LogP contribution is 2.50. The van der Waals surface area contributed by atoms with Crippen molar-refractivity contribution in [2.75, 3.05) is 11.4 Å². The van der Waals surface area contributed by atoms with Gasteiger partial charge in [0.1, 0.15) is 5.84 Å². The third-order valence-corrected chi connectivity index (χ3v) is 13.8. The van der Waals surface area contributed by atoms with Gasteiger partial charge in [0.2, 0.25) is 14.1 Å². The summed E-state index contributed by atoms with van der Waals surface area (Å²) in [6, 6.07) is 7.01. The van der Waals surface area contributed by atoms with Crippen LogP contribution in [0.15, 0.2) is 41.5 Å². The van der Waals surface area contributed by atoms with Crippen LogP contribution >= 0.6 is 0 Å². The largest absolute Gasteiger partial charge is 0.416 e. The van der Waals surface area contributed by atoms with Crippen molar-refractivity contribution in [3.05, 3.63) is 53.3 Å². The fraction of sp³-hybridized carbons (Fsp3) is 0.519. The van der Waals surface area contributed by atoms with Crippen LogP contribution in [0.5, 0.6) is 0 Å². The van der Waals surface area contributed by atoms with Gasteiger partial charge in [-0.25, -0.2) is 4.99 Å². The maximum absolute atomic E-state index is 14.3. The van der Waals surface area contributed by atoms with Gasteiger partial charge in [0.15, 0.2) is 5.60 Å². The van der Waals surface area contributed by atoms with E-state index in [1.807, 2.05) is 24.0 Å². The Morgan fingerprint density at radius 2 is 1.67 bits per heavy atom. The fourth-order valence-electron chi connectivity index (χ4n) is 6.06. The molecule has 0 amide bonds. The van der Waals surface area contributed by atoms with Gasteiger partial charge in [0, 0.05) is 24.2 Å². The van der Waals surface area contributed by atoms with Crippen LogP contribution in [0, 0.1) is 6.92 Å². The van der Waals surface area contributed by atoms with Crippen LogP contribution in [-0.2, 0) is 10.6 Å². The molecule has 0 spiro atoms. The minimum atomic E-state index is -4.56. The van der Waals surface area contributed by atoms with Gasteiger partial charge in [-0.15, -0.1) is 0 Å². The molecule has 0 bridgehead atoms. The van der Waals surface area contributed by atoms with E-state index in [2.05, 4.69) is 46.5 Å². The second-order valence-corrected chi connectivity index (χ2v) is 16.2. The molecule has 1 aromatic heterocycles. The number of ketones is 1. The predicted molar refractivity (Wildman–Crippen MR) is 139 cm³/mol. The number of pyridine rings is 1. The molecule has 0 N–H and O–H groups in total. The number of carbonyl (C=O) groups excluding carboxylic acids is 1. The normalized spacial score (nSPS) is 20.3. The average Bonchev–Trinajstić information content (AvgIpc) is 3.16. The number of aromatic nitrogens is 1. The number of rotatable bonds is 6. The van der Waals surface area contributed by atoms with Crippen molar-refractivity contribution in [1.82, 2.24) is 4.98 Å². The molecule has 0 radical (unpaired) electrons. The van der Waals surface area contributed by atoms with Gasteiger partial charge < -0.3 is 9.33 Å². The minimum Gasteiger partial charge on any atom is -0.397 e. The number of anilines is 1. The lowest BCUT2D eigenvalue weighted by Gasteiger charge is -2.48. The van der Waals surface area contributed by atoms with Crippen LogP contribution in [0.4, 0.5) is 24.5 Å². The molecular formula is C27H34F3N3O2Si. The zero-order chi connectivity index (χ0) is 26.6. The second kappa shape index (κ2) is 9.10. The number of amidine groups is 1. The van der Waals surface area contributed by atoms with E-state index < -0.39 is 31.4 Å². The summed E-state index contributed by atoms with van der Waals surface area (Å²) in [6.07, 6.45) is -2.51. The molecule has 2 aliphatic rings. The summed E-state index contributed by atoms with van der Waals surface area (Å²) in [5.41, 5.74) is 0.0825. The number of carbonyl (C=O) groups is 1. The number of aliphatic imine (C=N–C) groups is 1. The van der Waals surface area contributed by atoms with Crippen LogP contribution in [0.2, 0.25) is 16.6 Å². The lowest BCUT2D eigenvalue weighted by Crippen LogP contribution is -2.61. The number of alkyl halides is 3. The number of fused-ring (bicyclic) bond motifs is 2. The SMILES string of the molecule is Cc1ccc(N2CCC3(O[Si](C(C)C)(C(C)C)C(C)C)C(=O)c4cc(C(F)(F)F)ccc4N=C23)cn1. The highest BCUT2D eigenvalue weighted by molar-refractivity contribution is 6.78. The Morgan fingerprint density at radius 3 is 2.19 bits per heavy atom. The first-order valence-corrected chi connectivity index (χ1v) is 14.6. The van der Waals surface area contributed by atoms with Crippen molar-refractivity contribution in [1.29, 1.82) is 0 Å². The van der Waals surface area contributed by atoms with E-state index in [1.165, 1.54) is 6.07 Å². The van der Waals surface area contributed by atoms with E-state index in [0.717, 1.165) is 23.5 Å². The lowest BCUT2D eigenvalue weighted by atomic mass is 9.87. The van der Waals surface area contributed by atoms with Crippen molar-refractivity contribution >= 4 is 31.3 Å². The van der Waals surface area contributed by atoms with Gasteiger partial charge >= 0.3 is 6.18 Å². The van der Waals surface area contributed by atoms with E-state index in [9.17, 15) is 18.0 Å². The monoisotopic (exact) mass is 517 g/mol. The molecule has 1 fully saturated rings. The molecule has 0 aliphatic carbocycles. The van der Waals surface area contributed by atoms with Crippen LogP contribution < -0.4 is 4.90 Å². The van der Waals surface area contributed by atoms with Gasteiger partial charge in [-0.2, -0.15) is 13.2 Å². The summed E-state index contributed by atoms with van der Waals surface area (Å²) in [5, 5.41) is 0. The van der Waals surface area contributed by atoms with Gasteiger partial charge in [-0.1, -0.05) is 41.5 Å². The molecule has 1 aromatic carbocycles. The van der Waals surface area contributed by atoms with E-state index in [-0.39, 0.29) is 27.9 Å². The van der Waals surface area contributed by atoms with E-state index >= 15 is 0 Å². The average molecular weight is 518 g/mol. The summed E-state index contributed by atoms with van der Waals surface area (Å²) in [6.45, 7) is 15.1. The lowest BCUT2D eigenvalue weighted by molar-refractivity contribution is -0.137. The first kappa shape index (κ1) is 26.5. The summed E-state index contributed by atoms with van der Waals surface area (Å²) in [7, 11) is -2.63. The maximum Gasteiger partial charge on any atom is 0.416 e. The molecule has 1 atom stereocenters. The molecule has 9 heteroatoms. The number of halogens is 3. The van der Waals surface area contributed by atoms with E-state index in [1.54, 1.807) is 6.20 Å². The Bertz CT molecular complexity index is 1170. The molecule has 4 rings (SSSR count). The van der Waals surface area contributed by atoms with Crippen molar-refractivity contribution < 1.29 is 22.4 Å². The second-order valence-electron chi connectivity index (χ2n) is 10.8. The van der Waals surface area contributed by atoms with Gasteiger partial charge in [0.05, 0.1) is 23.1 Å². The van der Waals surface area contributed by atoms with Crippen LogP contribution in [-0.4, -0.2) is 37.1 Å². The van der Waals surface area contributed by atoms with Gasteiger partial charge in [-0.3, -0.25) is 9.78 Å². The highest BCUT2D eigenvalue weighted by Gasteiger charge is 2.60. The third kappa shape index (κ3) is 4.10. The summed E-state index contributed by atoms with van der Waals surface area (Å²) >= 11 is 0. The zero-order valence-corrected chi connectivity index (χ0v) is 22.9. The first-order valence-electron chi connectivity index (χ1n) is 12.5. The van der Waals surface area contributed by atoms with Crippen LogP contribution in [0.3, 0.4) is 0 Å². The topological polar surface area (TPSA) is 54.8 Å². The molecular weight excluding hydrogens is 483 g/mol. The maximum atomic E-state index is 14.3. The molecule has 36 heavy (non-hydrogen) atoms. The summed E-state index contributed by atoms with van der Waals surface area (Å²) in [4.78, 5) is 25.4. The van der Waals surface area contributed by atoms with Gasteiger partial charge in [-0.05, 0) is 53.9 Å². The predicted octanol–water partition coefficient (Wildman–Crippen LogP) is 7.48. The summed E-state index contributed by atoms with van der Waals surface area (Å²) < 4.78 is 47.9. The van der Waals surface area contributed by atoms with Crippen molar-refractivity contribution in [2.45, 2.75) is 83.3 Å². The van der Waals surface area contributed by atoms with Crippen molar-refractivity contribution in [3.8, 4) is 0 Å².